The van der Waals surface area contributed by atoms with Crippen molar-refractivity contribution in [2.24, 2.45) is 0 Å². The van der Waals surface area contributed by atoms with Crippen LogP contribution in [0.1, 0.15) is 74.4 Å². The standard InChI is InChI=1S/C28H33Cl2N3O3S.C19H23Cl2N3OS.C2H6/c1-32-11-8-22(9-12-32)33(2)28(35)31-25(17-36-16-20-5-3-4-19(14-20)15-34)24-7-6-23(26(29)27(24)30)21-10-13-37-18-21;1-12(22-19(25)24(3)14-6-8-23(2)10-14)15-4-5-16(18(21)17(15)20)13-7-9-26-11-13;1-2/h3-7,10,13-14,18,22,25,34H,8-9,11-12,15-17H2,1-2H3,(H,31,35);4-5,7,9,11-12,14H,6,8,10H2,1-3H3,(H,22,25);1-2H3. The van der Waals surface area contributed by atoms with Crippen molar-refractivity contribution in [2.75, 3.05) is 61.0 Å². The number of piperidine rings is 1. The number of amides is 4. The summed E-state index contributed by atoms with van der Waals surface area (Å²) in [6.07, 6.45) is 2.87. The van der Waals surface area contributed by atoms with Crippen LogP contribution in [0.4, 0.5) is 9.59 Å². The number of aliphatic hydroxyl groups is 1. The zero-order valence-corrected chi connectivity index (χ0v) is 42.9. The number of rotatable bonds is 13. The smallest absolute Gasteiger partial charge is 0.317 e. The van der Waals surface area contributed by atoms with Gasteiger partial charge in [0.2, 0.25) is 0 Å². The second kappa shape index (κ2) is 25.7. The zero-order chi connectivity index (χ0) is 47.2. The van der Waals surface area contributed by atoms with Gasteiger partial charge in [0.25, 0.3) is 0 Å². The highest BCUT2D eigenvalue weighted by atomic mass is 35.5. The fourth-order valence-electron chi connectivity index (χ4n) is 7.89. The molecule has 16 heteroatoms. The van der Waals surface area contributed by atoms with Crippen LogP contribution < -0.4 is 10.6 Å². The maximum Gasteiger partial charge on any atom is 0.317 e. The molecule has 0 saturated carbocycles. The van der Waals surface area contributed by atoms with E-state index < -0.39 is 6.04 Å². The number of carbonyl (C=O) groups is 2. The molecule has 65 heavy (non-hydrogen) atoms. The van der Waals surface area contributed by atoms with E-state index in [0.29, 0.717) is 32.3 Å². The fourth-order valence-corrected chi connectivity index (χ4v) is 10.4. The minimum atomic E-state index is -0.497. The van der Waals surface area contributed by atoms with Crippen molar-refractivity contribution in [2.45, 2.75) is 77.4 Å². The SMILES string of the molecule is CC.CC(NC(=O)N(C)C1CCN(C)C1)c1ccc(-c2ccsc2)c(Cl)c1Cl.CN1CCC(N(C)C(=O)NC(COCc2cccc(CO)c2)c2ccc(-c3ccsc3)c(Cl)c2Cl)CC1. The summed E-state index contributed by atoms with van der Waals surface area (Å²) < 4.78 is 6.05. The number of nitrogens with zero attached hydrogens (tertiary/aromatic N) is 4. The van der Waals surface area contributed by atoms with E-state index in [9.17, 15) is 14.7 Å². The number of urea groups is 2. The van der Waals surface area contributed by atoms with Crippen LogP contribution in [0.15, 0.2) is 82.2 Å². The number of aliphatic hydroxyl groups excluding tert-OH is 1. The van der Waals surface area contributed by atoms with Gasteiger partial charge in [0.05, 0.1) is 52.0 Å². The number of benzene rings is 3. The molecule has 7 rings (SSSR count). The average Bonchev–Trinajstić information content (AvgIpc) is 4.14. The van der Waals surface area contributed by atoms with Gasteiger partial charge < -0.3 is 40.1 Å². The Hall–Kier alpha value is -3.40. The number of ether oxygens (including phenoxy) is 1. The second-order valence-corrected chi connectivity index (χ2v) is 19.4. The Labute approximate surface area is 413 Å². The molecule has 4 heterocycles. The second-order valence-electron chi connectivity index (χ2n) is 16.3. The van der Waals surface area contributed by atoms with E-state index >= 15 is 0 Å². The highest BCUT2D eigenvalue weighted by molar-refractivity contribution is 7.08. The molecular weight excluding hydrogens is 943 g/mol. The molecule has 5 aromatic rings. The third kappa shape index (κ3) is 14.1. The first-order valence-electron chi connectivity index (χ1n) is 22.0. The first kappa shape index (κ1) is 52.6. The van der Waals surface area contributed by atoms with Gasteiger partial charge in [0.15, 0.2) is 0 Å². The molecule has 4 amide bonds. The largest absolute Gasteiger partial charge is 0.392 e. The highest BCUT2D eigenvalue weighted by Gasteiger charge is 2.29. The Morgan fingerprint density at radius 1 is 0.738 bits per heavy atom. The Bertz CT molecular complexity index is 2280. The summed E-state index contributed by atoms with van der Waals surface area (Å²) in [7, 11) is 7.87. The molecule has 2 aliphatic heterocycles. The number of halogens is 4. The van der Waals surface area contributed by atoms with Crippen molar-refractivity contribution < 1.29 is 19.4 Å². The Balaban J connectivity index is 0.000000249. The summed E-state index contributed by atoms with van der Waals surface area (Å²) in [5.74, 6) is 0. The van der Waals surface area contributed by atoms with Crippen LogP contribution in [0.2, 0.25) is 20.1 Å². The average molecular weight is 1010 g/mol. The van der Waals surface area contributed by atoms with Crippen molar-refractivity contribution in [3.63, 3.8) is 0 Å². The molecule has 0 radical (unpaired) electrons. The summed E-state index contributed by atoms with van der Waals surface area (Å²) in [5.41, 5.74) is 7.11. The Morgan fingerprint density at radius 2 is 1.26 bits per heavy atom. The minimum Gasteiger partial charge on any atom is -0.392 e. The first-order valence-corrected chi connectivity index (χ1v) is 25.4. The van der Waals surface area contributed by atoms with Crippen LogP contribution in [0.3, 0.4) is 0 Å². The maximum absolute atomic E-state index is 13.3. The normalized spacial score (nSPS) is 16.4. The van der Waals surface area contributed by atoms with Crippen LogP contribution in [-0.2, 0) is 18.0 Å². The lowest BCUT2D eigenvalue weighted by Gasteiger charge is -2.36. The van der Waals surface area contributed by atoms with Crippen molar-refractivity contribution >= 4 is 81.1 Å². The molecule has 3 aromatic carbocycles. The molecule has 0 bridgehead atoms. The zero-order valence-electron chi connectivity index (χ0n) is 38.3. The van der Waals surface area contributed by atoms with E-state index in [2.05, 4.69) is 34.5 Å². The van der Waals surface area contributed by atoms with Crippen LogP contribution in [-0.4, -0.2) is 110 Å². The summed E-state index contributed by atoms with van der Waals surface area (Å²) in [6.45, 7) is 10.3. The van der Waals surface area contributed by atoms with Crippen LogP contribution in [0.5, 0.6) is 0 Å². The summed E-state index contributed by atoms with van der Waals surface area (Å²) in [5, 5.41) is 25.5. The van der Waals surface area contributed by atoms with E-state index in [0.717, 1.165) is 84.4 Å². The molecule has 352 valence electrons. The van der Waals surface area contributed by atoms with E-state index in [1.165, 1.54) is 0 Å². The molecule has 10 nitrogen and oxygen atoms in total. The number of likely N-dealkylation sites (N-methyl/N-ethyl adjacent to an activating group) is 2. The molecule has 0 spiro atoms. The van der Waals surface area contributed by atoms with Crippen LogP contribution in [0, 0.1) is 0 Å². The van der Waals surface area contributed by atoms with Gasteiger partial charge in [-0.25, -0.2) is 9.59 Å². The lowest BCUT2D eigenvalue weighted by molar-refractivity contribution is 0.0946. The predicted octanol–water partition coefficient (Wildman–Crippen LogP) is 12.4. The van der Waals surface area contributed by atoms with E-state index in [-0.39, 0.29) is 43.4 Å². The molecule has 0 aliphatic carbocycles. The van der Waals surface area contributed by atoms with Gasteiger partial charge in [-0.3, -0.25) is 0 Å². The summed E-state index contributed by atoms with van der Waals surface area (Å²) in [4.78, 5) is 34.0. The van der Waals surface area contributed by atoms with E-state index in [4.69, 9.17) is 51.1 Å². The van der Waals surface area contributed by atoms with Crippen molar-refractivity contribution in [1.82, 2.24) is 30.2 Å². The quantitative estimate of drug-likeness (QED) is 0.109. The third-order valence-electron chi connectivity index (χ3n) is 11.9. The van der Waals surface area contributed by atoms with Crippen LogP contribution >= 0.6 is 69.1 Å². The predicted molar refractivity (Wildman–Crippen MR) is 273 cm³/mol. The number of likely N-dealkylation sites (tertiary alicyclic amines) is 2. The number of nitrogens with one attached hydrogen (secondary N) is 2. The minimum absolute atomic E-state index is 0.0274. The maximum atomic E-state index is 13.3. The van der Waals surface area contributed by atoms with Gasteiger partial charge in [-0.1, -0.05) is 109 Å². The lowest BCUT2D eigenvalue weighted by Crippen LogP contribution is -2.49. The number of hydrogen-bond acceptors (Lipinski definition) is 8. The molecule has 2 aliphatic rings. The van der Waals surface area contributed by atoms with Gasteiger partial charge in [-0.2, -0.15) is 22.7 Å². The van der Waals surface area contributed by atoms with E-state index in [1.54, 1.807) is 32.5 Å². The van der Waals surface area contributed by atoms with Crippen molar-refractivity contribution in [3.05, 3.63) is 125 Å². The molecule has 3 atom stereocenters. The van der Waals surface area contributed by atoms with Gasteiger partial charge in [0, 0.05) is 43.9 Å². The van der Waals surface area contributed by atoms with Gasteiger partial charge in [0.1, 0.15) is 0 Å². The topological polar surface area (TPSA) is 101 Å². The fraction of sp³-hybridized carbons (Fsp3) is 0.429. The number of thiophene rings is 2. The highest BCUT2D eigenvalue weighted by Crippen LogP contribution is 2.40. The van der Waals surface area contributed by atoms with Crippen molar-refractivity contribution in [1.29, 1.82) is 0 Å². The van der Waals surface area contributed by atoms with Gasteiger partial charge in [-0.05, 0) is 127 Å². The van der Waals surface area contributed by atoms with Crippen molar-refractivity contribution in [3.8, 4) is 22.3 Å². The van der Waals surface area contributed by atoms with Crippen LogP contribution in [0.25, 0.3) is 22.3 Å². The van der Waals surface area contributed by atoms with E-state index in [1.807, 2.05) is 117 Å². The molecular formula is C49H62Cl4N6O4S2. The number of carbonyl (C=O) groups excluding carboxylic acids is 2. The Morgan fingerprint density at radius 3 is 1.82 bits per heavy atom. The Kier molecular flexibility index (Phi) is 20.7. The summed E-state index contributed by atoms with van der Waals surface area (Å²) in [6, 6.07) is 18.8. The molecule has 2 aromatic heterocycles. The monoisotopic (exact) mass is 1000 g/mol. The summed E-state index contributed by atoms with van der Waals surface area (Å²) >= 11 is 29.7. The number of hydrogen-bond donors (Lipinski definition) is 3. The molecule has 2 saturated heterocycles. The first-order chi connectivity index (χ1) is 31.2. The third-order valence-corrected chi connectivity index (χ3v) is 15.0. The molecule has 2 fully saturated rings. The molecule has 3 N–H and O–H groups in total. The molecule has 3 unspecified atom stereocenters. The van der Waals surface area contributed by atoms with Gasteiger partial charge in [-0.15, -0.1) is 0 Å². The van der Waals surface area contributed by atoms with Gasteiger partial charge >= 0.3 is 12.1 Å². The lowest BCUT2D eigenvalue weighted by atomic mass is 10.0.